The molecule has 1 saturated carbocycles. The summed E-state index contributed by atoms with van der Waals surface area (Å²) < 4.78 is 19.2. The number of aryl methyl sites for hydroxylation is 1. The first-order valence-electron chi connectivity index (χ1n) is 7.58. The Labute approximate surface area is 128 Å². The minimum atomic E-state index is -0.729. The molecule has 1 aromatic heterocycles. The lowest BCUT2D eigenvalue weighted by Gasteiger charge is -2.19. The molecule has 1 aliphatic carbocycles. The Morgan fingerprint density at radius 1 is 1.45 bits per heavy atom. The molecular formula is C17H19FN2O2. The van der Waals surface area contributed by atoms with Crippen molar-refractivity contribution in [2.75, 3.05) is 0 Å². The molecule has 5 heteroatoms. The van der Waals surface area contributed by atoms with Crippen LogP contribution in [-0.4, -0.2) is 11.1 Å². The van der Waals surface area contributed by atoms with Crippen LogP contribution in [0.1, 0.15) is 49.7 Å². The summed E-state index contributed by atoms with van der Waals surface area (Å²) in [5, 5.41) is 6.85. The smallest absolute Gasteiger partial charge is 0.231 e. The van der Waals surface area contributed by atoms with Gasteiger partial charge in [-0.15, -0.1) is 0 Å². The van der Waals surface area contributed by atoms with Crippen molar-refractivity contribution in [3.8, 4) is 0 Å². The fourth-order valence-corrected chi connectivity index (χ4v) is 2.70. The van der Waals surface area contributed by atoms with Gasteiger partial charge in [-0.05, 0) is 32.3 Å². The number of amides is 1. The van der Waals surface area contributed by atoms with E-state index < -0.39 is 5.41 Å². The van der Waals surface area contributed by atoms with Gasteiger partial charge in [0.1, 0.15) is 5.82 Å². The molecule has 0 aliphatic heterocycles. The van der Waals surface area contributed by atoms with Crippen LogP contribution in [0.5, 0.6) is 0 Å². The largest absolute Gasteiger partial charge is 0.359 e. The van der Waals surface area contributed by atoms with Gasteiger partial charge in [-0.25, -0.2) is 4.39 Å². The molecule has 4 nitrogen and oxygen atoms in total. The number of halogens is 1. The standard InChI is InChI=1S/C17H19FN2O2/c1-3-12-10-15(22-20-12)11(2)19-16(21)17(8-9-17)13-6-4-5-7-14(13)18/h4-7,10-11H,3,8-9H2,1-2H3,(H,19,21)/t11-/m1/s1. The molecule has 116 valence electrons. The SMILES string of the molecule is CCc1cc([C@@H](C)NC(=O)C2(c3ccccc3F)CC2)on1. The highest BCUT2D eigenvalue weighted by Gasteiger charge is 2.53. The highest BCUT2D eigenvalue weighted by molar-refractivity contribution is 5.91. The molecule has 1 N–H and O–H groups in total. The van der Waals surface area contributed by atoms with Crippen molar-refractivity contribution in [2.45, 2.75) is 44.6 Å². The molecule has 1 heterocycles. The summed E-state index contributed by atoms with van der Waals surface area (Å²) in [5.41, 5.74) is 0.602. The number of hydrogen-bond acceptors (Lipinski definition) is 3. The normalized spacial score (nSPS) is 17.0. The van der Waals surface area contributed by atoms with E-state index in [4.69, 9.17) is 4.52 Å². The molecule has 0 radical (unpaired) electrons. The number of carbonyl (C=O) groups excluding carboxylic acids is 1. The predicted octanol–water partition coefficient (Wildman–Crippen LogP) is 3.29. The summed E-state index contributed by atoms with van der Waals surface area (Å²) >= 11 is 0. The van der Waals surface area contributed by atoms with E-state index >= 15 is 0 Å². The minimum Gasteiger partial charge on any atom is -0.359 e. The molecule has 0 spiro atoms. The van der Waals surface area contributed by atoms with Crippen molar-refractivity contribution in [2.24, 2.45) is 0 Å². The second kappa shape index (κ2) is 5.55. The third-order valence-electron chi connectivity index (χ3n) is 4.29. The van der Waals surface area contributed by atoms with Crippen molar-refractivity contribution < 1.29 is 13.7 Å². The molecule has 1 aromatic carbocycles. The fourth-order valence-electron chi connectivity index (χ4n) is 2.70. The average Bonchev–Trinajstić information content (AvgIpc) is 3.17. The van der Waals surface area contributed by atoms with E-state index in [9.17, 15) is 9.18 Å². The molecule has 1 amide bonds. The van der Waals surface area contributed by atoms with Gasteiger partial charge in [-0.3, -0.25) is 4.79 Å². The van der Waals surface area contributed by atoms with Crippen molar-refractivity contribution in [3.05, 3.63) is 53.2 Å². The third-order valence-corrected chi connectivity index (χ3v) is 4.29. The molecule has 0 saturated heterocycles. The van der Waals surface area contributed by atoms with Crippen molar-refractivity contribution in [1.29, 1.82) is 0 Å². The number of hydrogen-bond donors (Lipinski definition) is 1. The van der Waals surface area contributed by atoms with Gasteiger partial charge < -0.3 is 9.84 Å². The zero-order valence-electron chi connectivity index (χ0n) is 12.7. The van der Waals surface area contributed by atoms with E-state index in [0.717, 1.165) is 12.1 Å². The molecule has 0 bridgehead atoms. The van der Waals surface area contributed by atoms with Gasteiger partial charge in [0, 0.05) is 11.6 Å². The van der Waals surface area contributed by atoms with Gasteiger partial charge in [-0.1, -0.05) is 30.3 Å². The number of benzene rings is 1. The summed E-state index contributed by atoms with van der Waals surface area (Å²) in [6, 6.07) is 8.04. The maximum atomic E-state index is 14.0. The van der Waals surface area contributed by atoms with E-state index in [2.05, 4.69) is 10.5 Å². The van der Waals surface area contributed by atoms with Gasteiger partial charge in [-0.2, -0.15) is 0 Å². The first kappa shape index (κ1) is 14.8. The van der Waals surface area contributed by atoms with Crippen LogP contribution < -0.4 is 5.32 Å². The van der Waals surface area contributed by atoms with Gasteiger partial charge in [0.15, 0.2) is 5.76 Å². The molecule has 3 rings (SSSR count). The molecule has 22 heavy (non-hydrogen) atoms. The topological polar surface area (TPSA) is 55.1 Å². The summed E-state index contributed by atoms with van der Waals surface area (Å²) in [4.78, 5) is 12.6. The fraction of sp³-hybridized carbons (Fsp3) is 0.412. The van der Waals surface area contributed by atoms with E-state index in [-0.39, 0.29) is 17.8 Å². The van der Waals surface area contributed by atoms with Gasteiger partial charge >= 0.3 is 0 Å². The molecule has 1 fully saturated rings. The van der Waals surface area contributed by atoms with Crippen molar-refractivity contribution >= 4 is 5.91 Å². The Bertz CT molecular complexity index is 691. The van der Waals surface area contributed by atoms with Crippen LogP contribution in [-0.2, 0) is 16.6 Å². The Balaban J connectivity index is 1.75. The Morgan fingerprint density at radius 3 is 2.77 bits per heavy atom. The second-order valence-corrected chi connectivity index (χ2v) is 5.83. The first-order valence-corrected chi connectivity index (χ1v) is 7.58. The van der Waals surface area contributed by atoms with Crippen LogP contribution in [0.15, 0.2) is 34.9 Å². The summed E-state index contributed by atoms with van der Waals surface area (Å²) in [5.74, 6) is 0.143. The zero-order chi connectivity index (χ0) is 15.7. The number of rotatable bonds is 5. The summed E-state index contributed by atoms with van der Waals surface area (Å²) in [6.07, 6.45) is 2.12. The van der Waals surface area contributed by atoms with Gasteiger partial charge in [0.2, 0.25) is 5.91 Å². The monoisotopic (exact) mass is 302 g/mol. The molecule has 1 atom stereocenters. The molecule has 1 aliphatic rings. The van der Waals surface area contributed by atoms with Crippen LogP contribution in [0.3, 0.4) is 0 Å². The molecule has 0 unspecified atom stereocenters. The second-order valence-electron chi connectivity index (χ2n) is 5.83. The Hall–Kier alpha value is -2.17. The van der Waals surface area contributed by atoms with Crippen LogP contribution in [0.2, 0.25) is 0 Å². The lowest BCUT2D eigenvalue weighted by Crippen LogP contribution is -2.36. The van der Waals surface area contributed by atoms with E-state index in [1.807, 2.05) is 19.9 Å². The van der Waals surface area contributed by atoms with Gasteiger partial charge in [0.25, 0.3) is 0 Å². The highest BCUT2D eigenvalue weighted by atomic mass is 19.1. The number of nitrogens with one attached hydrogen (secondary N) is 1. The lowest BCUT2D eigenvalue weighted by atomic mass is 9.94. The predicted molar refractivity (Wildman–Crippen MR) is 79.8 cm³/mol. The van der Waals surface area contributed by atoms with Crippen LogP contribution in [0.25, 0.3) is 0 Å². The van der Waals surface area contributed by atoms with Gasteiger partial charge in [0.05, 0.1) is 17.2 Å². The summed E-state index contributed by atoms with van der Waals surface area (Å²) in [7, 11) is 0. The van der Waals surface area contributed by atoms with Crippen molar-refractivity contribution in [3.63, 3.8) is 0 Å². The zero-order valence-corrected chi connectivity index (χ0v) is 12.7. The molecule has 2 aromatic rings. The third kappa shape index (κ3) is 2.51. The quantitative estimate of drug-likeness (QED) is 0.922. The minimum absolute atomic E-state index is 0.153. The maximum Gasteiger partial charge on any atom is 0.231 e. The van der Waals surface area contributed by atoms with Crippen LogP contribution >= 0.6 is 0 Å². The Kier molecular flexibility index (Phi) is 3.72. The number of carbonyl (C=O) groups is 1. The number of nitrogens with zero attached hydrogens (tertiary/aromatic N) is 1. The van der Waals surface area contributed by atoms with E-state index in [1.54, 1.807) is 18.2 Å². The summed E-state index contributed by atoms with van der Waals surface area (Å²) in [6.45, 7) is 3.83. The number of aromatic nitrogens is 1. The van der Waals surface area contributed by atoms with E-state index in [0.29, 0.717) is 24.2 Å². The van der Waals surface area contributed by atoms with E-state index in [1.165, 1.54) is 6.07 Å². The van der Waals surface area contributed by atoms with Crippen LogP contribution in [0, 0.1) is 5.82 Å². The molecular weight excluding hydrogens is 283 g/mol. The van der Waals surface area contributed by atoms with Crippen molar-refractivity contribution in [1.82, 2.24) is 10.5 Å². The highest BCUT2D eigenvalue weighted by Crippen LogP contribution is 2.49. The lowest BCUT2D eigenvalue weighted by molar-refractivity contribution is -0.124. The average molecular weight is 302 g/mol. The Morgan fingerprint density at radius 2 is 2.18 bits per heavy atom. The first-order chi connectivity index (χ1) is 10.6. The maximum absolute atomic E-state index is 14.0. The van der Waals surface area contributed by atoms with Crippen LogP contribution in [0.4, 0.5) is 4.39 Å².